The summed E-state index contributed by atoms with van der Waals surface area (Å²) in [7, 11) is 0. The number of terminal acetylenes is 1. The Morgan fingerprint density at radius 1 is 1.43 bits per heavy atom. The molecule has 1 aromatic heterocycles. The molecule has 0 atom stereocenters. The van der Waals surface area contributed by atoms with Crippen LogP contribution in [-0.4, -0.2) is 10.7 Å². The summed E-state index contributed by atoms with van der Waals surface area (Å²) in [5.41, 5.74) is 6.37. The zero-order valence-corrected chi connectivity index (χ0v) is 12.4. The minimum atomic E-state index is 0.640. The number of nitriles is 1. The van der Waals surface area contributed by atoms with Gasteiger partial charge in [0.1, 0.15) is 0 Å². The topological polar surface area (TPSA) is 61.1 Å². The van der Waals surface area contributed by atoms with Gasteiger partial charge in [-0.3, -0.25) is 5.43 Å². The fourth-order valence-corrected chi connectivity index (χ4v) is 2.29. The molecule has 0 aliphatic carbocycles. The van der Waals surface area contributed by atoms with Crippen molar-refractivity contribution in [1.29, 1.82) is 5.26 Å². The van der Waals surface area contributed by atoms with E-state index < -0.39 is 0 Å². The number of hydrazone groups is 1. The largest absolute Gasteiger partial charge is 0.253 e. The molecule has 4 nitrogen and oxygen atoms in total. The third-order valence-electron chi connectivity index (χ3n) is 2.79. The zero-order chi connectivity index (χ0) is 15.1. The lowest BCUT2D eigenvalue weighted by Gasteiger charge is -1.98. The van der Waals surface area contributed by atoms with E-state index in [-0.39, 0.29) is 0 Å². The van der Waals surface area contributed by atoms with Crippen LogP contribution >= 0.6 is 11.3 Å². The van der Waals surface area contributed by atoms with Crippen molar-refractivity contribution in [3.05, 3.63) is 35.2 Å². The van der Waals surface area contributed by atoms with Crippen LogP contribution in [0, 0.1) is 23.7 Å². The molecule has 0 bridgehead atoms. The van der Waals surface area contributed by atoms with Gasteiger partial charge in [0.05, 0.1) is 17.3 Å². The van der Waals surface area contributed by atoms with Crippen LogP contribution in [0.4, 0.5) is 5.13 Å². The minimum absolute atomic E-state index is 0.640. The molecule has 0 saturated carbocycles. The van der Waals surface area contributed by atoms with Crippen LogP contribution in [0.2, 0.25) is 0 Å². The van der Waals surface area contributed by atoms with Gasteiger partial charge in [0.15, 0.2) is 0 Å². The van der Waals surface area contributed by atoms with Gasteiger partial charge in [-0.2, -0.15) is 10.4 Å². The third kappa shape index (κ3) is 4.17. The summed E-state index contributed by atoms with van der Waals surface area (Å²) in [6, 6.07) is 9.44. The minimum Gasteiger partial charge on any atom is -0.253 e. The Kier molecular flexibility index (Phi) is 5.09. The molecule has 2 rings (SSSR count). The number of hydrogen-bond acceptors (Lipinski definition) is 5. The molecule has 1 aromatic carbocycles. The van der Waals surface area contributed by atoms with Crippen LogP contribution in [0.1, 0.15) is 25.3 Å². The van der Waals surface area contributed by atoms with Crippen molar-refractivity contribution in [2.45, 2.75) is 19.8 Å². The van der Waals surface area contributed by atoms with E-state index in [2.05, 4.69) is 27.5 Å². The van der Waals surface area contributed by atoms with Crippen LogP contribution in [-0.2, 0) is 0 Å². The average molecular weight is 294 g/mol. The van der Waals surface area contributed by atoms with Crippen molar-refractivity contribution in [2.75, 3.05) is 5.43 Å². The summed E-state index contributed by atoms with van der Waals surface area (Å²) in [4.78, 5) is 4.47. The molecule has 0 spiro atoms. The number of rotatable bonds is 5. The van der Waals surface area contributed by atoms with Crippen molar-refractivity contribution in [1.82, 2.24) is 4.98 Å². The number of anilines is 1. The number of thiazole rings is 1. The van der Waals surface area contributed by atoms with Gasteiger partial charge >= 0.3 is 0 Å². The summed E-state index contributed by atoms with van der Waals surface area (Å²) < 4.78 is 0. The Labute approximate surface area is 128 Å². The number of nitrogens with one attached hydrogen (secondary N) is 1. The van der Waals surface area contributed by atoms with Crippen molar-refractivity contribution in [3.8, 4) is 29.7 Å². The molecular weight excluding hydrogens is 280 g/mol. The van der Waals surface area contributed by atoms with Crippen molar-refractivity contribution < 1.29 is 0 Å². The molecule has 2 aromatic rings. The zero-order valence-electron chi connectivity index (χ0n) is 11.6. The highest BCUT2D eigenvalue weighted by molar-refractivity contribution is 7.14. The van der Waals surface area contributed by atoms with Gasteiger partial charge < -0.3 is 0 Å². The Bertz CT molecular complexity index is 714. The molecule has 0 saturated heterocycles. The molecule has 0 aliphatic heterocycles. The van der Waals surface area contributed by atoms with Crippen LogP contribution < -0.4 is 5.43 Å². The fourth-order valence-electron chi connectivity index (χ4n) is 1.63. The first-order chi connectivity index (χ1) is 10.2. The van der Waals surface area contributed by atoms with Crippen molar-refractivity contribution in [3.63, 3.8) is 0 Å². The van der Waals surface area contributed by atoms with E-state index in [9.17, 15) is 0 Å². The monoisotopic (exact) mass is 294 g/mol. The molecule has 1 N–H and O–H groups in total. The van der Waals surface area contributed by atoms with Crippen LogP contribution in [0.3, 0.4) is 0 Å². The van der Waals surface area contributed by atoms with Gasteiger partial charge in [-0.15, -0.1) is 23.7 Å². The van der Waals surface area contributed by atoms with Crippen molar-refractivity contribution in [2.24, 2.45) is 5.10 Å². The number of hydrogen-bond donors (Lipinski definition) is 1. The second kappa shape index (κ2) is 7.23. The Morgan fingerprint density at radius 2 is 2.19 bits per heavy atom. The maximum atomic E-state index is 8.79. The maximum absolute atomic E-state index is 8.79. The van der Waals surface area contributed by atoms with E-state index >= 15 is 0 Å². The normalized spacial score (nSPS) is 10.7. The highest BCUT2D eigenvalue weighted by Crippen LogP contribution is 2.25. The highest BCUT2D eigenvalue weighted by atomic mass is 32.1. The van der Waals surface area contributed by atoms with E-state index in [1.807, 2.05) is 24.4 Å². The summed E-state index contributed by atoms with van der Waals surface area (Å²) in [5.74, 6) is 2.59. The molecule has 0 fully saturated rings. The molecule has 104 valence electrons. The number of nitrogens with zero attached hydrogens (tertiary/aromatic N) is 3. The molecule has 1 heterocycles. The van der Waals surface area contributed by atoms with Gasteiger partial charge in [0, 0.05) is 23.1 Å². The lowest BCUT2D eigenvalue weighted by atomic mass is 10.1. The van der Waals surface area contributed by atoms with E-state index in [1.54, 1.807) is 12.1 Å². The summed E-state index contributed by atoms with van der Waals surface area (Å²) in [5, 5.41) is 15.7. The molecule has 0 aliphatic rings. The first kappa shape index (κ1) is 14.8. The Morgan fingerprint density at radius 3 is 2.86 bits per heavy atom. The van der Waals surface area contributed by atoms with Gasteiger partial charge in [0.2, 0.25) is 5.13 Å². The average Bonchev–Trinajstić information content (AvgIpc) is 3.00. The number of benzene rings is 1. The van der Waals surface area contributed by atoms with Crippen LogP contribution in [0.15, 0.2) is 34.7 Å². The van der Waals surface area contributed by atoms with E-state index in [0.29, 0.717) is 12.0 Å². The lowest BCUT2D eigenvalue weighted by molar-refractivity contribution is 1.10. The molecule has 5 heteroatoms. The SMILES string of the molecule is C#CCC/C(C)=N\Nc1nc(-c2ccc(C#N)cc2)cs1. The van der Waals surface area contributed by atoms with Crippen LogP contribution in [0.5, 0.6) is 0 Å². The molecular formula is C16H14N4S. The van der Waals surface area contributed by atoms with Gasteiger partial charge in [-0.05, 0) is 25.5 Å². The van der Waals surface area contributed by atoms with E-state index in [0.717, 1.165) is 28.5 Å². The predicted molar refractivity (Wildman–Crippen MR) is 87.1 cm³/mol. The molecule has 0 amide bonds. The Hall–Kier alpha value is -2.63. The quantitative estimate of drug-likeness (QED) is 0.517. The van der Waals surface area contributed by atoms with E-state index in [1.165, 1.54) is 11.3 Å². The fraction of sp³-hybridized carbons (Fsp3) is 0.188. The second-order valence-electron chi connectivity index (χ2n) is 4.39. The Balaban J connectivity index is 2.04. The molecule has 0 radical (unpaired) electrons. The van der Waals surface area contributed by atoms with Gasteiger partial charge in [0.25, 0.3) is 0 Å². The first-order valence-corrected chi connectivity index (χ1v) is 7.29. The standard InChI is InChI=1S/C16H14N4S/c1-3-4-5-12(2)19-20-16-18-15(11-21-16)14-8-6-13(10-17)7-9-14/h1,6-9,11H,4-5H2,2H3,(H,18,20)/b19-12-. The summed E-state index contributed by atoms with van der Waals surface area (Å²) in [6.07, 6.45) is 6.68. The maximum Gasteiger partial charge on any atom is 0.203 e. The van der Waals surface area contributed by atoms with Crippen LogP contribution in [0.25, 0.3) is 11.3 Å². The second-order valence-corrected chi connectivity index (χ2v) is 5.25. The van der Waals surface area contributed by atoms with Gasteiger partial charge in [-0.1, -0.05) is 12.1 Å². The number of aromatic nitrogens is 1. The first-order valence-electron chi connectivity index (χ1n) is 6.41. The van der Waals surface area contributed by atoms with E-state index in [4.69, 9.17) is 11.7 Å². The summed E-state index contributed by atoms with van der Waals surface area (Å²) >= 11 is 1.49. The molecule has 21 heavy (non-hydrogen) atoms. The summed E-state index contributed by atoms with van der Waals surface area (Å²) in [6.45, 7) is 1.93. The van der Waals surface area contributed by atoms with Gasteiger partial charge in [-0.25, -0.2) is 4.98 Å². The predicted octanol–water partition coefficient (Wildman–Crippen LogP) is 3.88. The molecule has 0 unspecified atom stereocenters. The third-order valence-corrected chi connectivity index (χ3v) is 3.53. The lowest BCUT2D eigenvalue weighted by Crippen LogP contribution is -1.96. The highest BCUT2D eigenvalue weighted by Gasteiger charge is 2.04. The smallest absolute Gasteiger partial charge is 0.203 e. The van der Waals surface area contributed by atoms with Crippen molar-refractivity contribution >= 4 is 22.2 Å².